The van der Waals surface area contributed by atoms with Gasteiger partial charge in [0.1, 0.15) is 12.6 Å². The first kappa shape index (κ1) is 31.6. The van der Waals surface area contributed by atoms with Crippen LogP contribution >= 0.6 is 0 Å². The Morgan fingerprint density at radius 2 is 1.38 bits per heavy atom. The molecular weight excluding hydrogens is 524 g/mol. The summed E-state index contributed by atoms with van der Waals surface area (Å²) in [6, 6.07) is 15.0. The molecule has 2 rings (SSSR count). The highest BCUT2D eigenvalue weighted by atomic mass is 16.6. The average molecular weight is 557 g/mol. The van der Waals surface area contributed by atoms with Gasteiger partial charge in [-0.25, -0.2) is 9.59 Å². The molecule has 2 aromatic rings. The van der Waals surface area contributed by atoms with Gasteiger partial charge >= 0.3 is 23.9 Å². The molecule has 214 valence electrons. The summed E-state index contributed by atoms with van der Waals surface area (Å²) in [6.45, 7) is 0.595. The van der Waals surface area contributed by atoms with E-state index in [1.165, 1.54) is 12.1 Å². The smallest absolute Gasteiger partial charge is 0.345 e. The van der Waals surface area contributed by atoms with Crippen LogP contribution in [0.4, 0.5) is 0 Å². The van der Waals surface area contributed by atoms with Gasteiger partial charge in [-0.2, -0.15) is 0 Å². The van der Waals surface area contributed by atoms with E-state index in [1.54, 1.807) is 48.5 Å². The minimum absolute atomic E-state index is 0.0461. The van der Waals surface area contributed by atoms with Crippen LogP contribution in [-0.4, -0.2) is 73.2 Å². The van der Waals surface area contributed by atoms with Gasteiger partial charge in [-0.3, -0.25) is 19.2 Å². The van der Waals surface area contributed by atoms with Gasteiger partial charge in [-0.05, 0) is 37.1 Å². The van der Waals surface area contributed by atoms with Crippen LogP contribution in [0.5, 0.6) is 0 Å². The van der Waals surface area contributed by atoms with E-state index in [4.69, 9.17) is 19.3 Å². The lowest BCUT2D eigenvalue weighted by molar-refractivity contribution is -0.141. The number of esters is 3. The molecule has 3 N–H and O–H groups in total. The van der Waals surface area contributed by atoms with Gasteiger partial charge < -0.3 is 30.0 Å². The largest absolute Gasteiger partial charge is 0.481 e. The highest BCUT2D eigenvalue weighted by molar-refractivity contribution is 5.98. The van der Waals surface area contributed by atoms with Crippen molar-refractivity contribution in [2.45, 2.75) is 38.1 Å². The first-order valence-corrected chi connectivity index (χ1v) is 12.6. The summed E-state index contributed by atoms with van der Waals surface area (Å²) in [6.07, 6.45) is -0.586. The Morgan fingerprint density at radius 1 is 0.750 bits per heavy atom. The van der Waals surface area contributed by atoms with E-state index in [0.29, 0.717) is 12.0 Å². The van der Waals surface area contributed by atoms with Gasteiger partial charge in [-0.15, -0.1) is 0 Å². The van der Waals surface area contributed by atoms with Crippen LogP contribution < -0.4 is 10.6 Å². The zero-order chi connectivity index (χ0) is 29.2. The second-order valence-corrected chi connectivity index (χ2v) is 8.46. The van der Waals surface area contributed by atoms with Crippen LogP contribution in [0.25, 0.3) is 0 Å². The van der Waals surface area contributed by atoms with E-state index >= 15 is 0 Å². The summed E-state index contributed by atoms with van der Waals surface area (Å²) in [4.78, 5) is 71.9. The van der Waals surface area contributed by atoms with Crippen molar-refractivity contribution < 1.29 is 48.1 Å². The number of benzene rings is 2. The number of carboxylic acid groups (broad SMARTS) is 1. The Labute approximate surface area is 231 Å². The quantitative estimate of drug-likeness (QED) is 0.148. The normalized spacial score (nSPS) is 11.1. The first-order valence-electron chi connectivity index (χ1n) is 12.6. The molecule has 0 bridgehead atoms. The van der Waals surface area contributed by atoms with Crippen LogP contribution in [-0.2, 0) is 33.4 Å². The zero-order valence-corrected chi connectivity index (χ0v) is 21.8. The third-order valence-electron chi connectivity index (χ3n) is 5.27. The van der Waals surface area contributed by atoms with Crippen molar-refractivity contribution in [3.63, 3.8) is 0 Å². The van der Waals surface area contributed by atoms with Crippen molar-refractivity contribution in [3.05, 3.63) is 71.8 Å². The van der Waals surface area contributed by atoms with Crippen LogP contribution in [0.15, 0.2) is 60.7 Å². The zero-order valence-electron chi connectivity index (χ0n) is 21.8. The summed E-state index contributed by atoms with van der Waals surface area (Å²) in [5.41, 5.74) is 0.575. The number of ether oxygens (including phenoxy) is 3. The van der Waals surface area contributed by atoms with Gasteiger partial charge in [0.2, 0.25) is 11.8 Å². The Bertz CT molecular complexity index is 1140. The maximum absolute atomic E-state index is 12.7. The molecule has 0 aliphatic carbocycles. The third kappa shape index (κ3) is 12.8. The van der Waals surface area contributed by atoms with E-state index in [1.807, 2.05) is 0 Å². The van der Waals surface area contributed by atoms with Crippen molar-refractivity contribution in [1.29, 1.82) is 0 Å². The first-order chi connectivity index (χ1) is 19.3. The molecule has 12 heteroatoms. The fourth-order valence-corrected chi connectivity index (χ4v) is 3.28. The number of carbonyl (C=O) groups is 6. The summed E-state index contributed by atoms with van der Waals surface area (Å²) >= 11 is 0. The predicted molar refractivity (Wildman–Crippen MR) is 140 cm³/mol. The third-order valence-corrected chi connectivity index (χ3v) is 5.27. The molecule has 0 aliphatic rings. The maximum Gasteiger partial charge on any atom is 0.345 e. The Morgan fingerprint density at radius 3 is 2.00 bits per heavy atom. The molecule has 2 aromatic carbocycles. The van der Waals surface area contributed by atoms with Gasteiger partial charge in [-0.1, -0.05) is 36.4 Å². The number of carboxylic acids is 1. The number of aliphatic carboxylic acids is 1. The summed E-state index contributed by atoms with van der Waals surface area (Å²) in [7, 11) is 0. The van der Waals surface area contributed by atoms with E-state index < -0.39 is 48.2 Å². The molecule has 0 aliphatic heterocycles. The number of carbonyl (C=O) groups excluding carboxylic acids is 5. The topological polar surface area (TPSA) is 174 Å². The van der Waals surface area contributed by atoms with Crippen LogP contribution in [0, 0.1) is 0 Å². The Kier molecular flexibility index (Phi) is 14.1. The fourth-order valence-electron chi connectivity index (χ4n) is 3.28. The monoisotopic (exact) mass is 556 g/mol. The molecule has 2 amide bonds. The minimum Gasteiger partial charge on any atom is -0.481 e. The second-order valence-electron chi connectivity index (χ2n) is 8.46. The van der Waals surface area contributed by atoms with E-state index in [2.05, 4.69) is 10.6 Å². The van der Waals surface area contributed by atoms with Crippen molar-refractivity contribution in [2.75, 3.05) is 26.4 Å². The maximum atomic E-state index is 12.7. The van der Waals surface area contributed by atoms with Crippen molar-refractivity contribution in [2.24, 2.45) is 0 Å². The molecule has 0 saturated heterocycles. The highest BCUT2D eigenvalue weighted by Gasteiger charge is 2.26. The number of hydrogen-bond donors (Lipinski definition) is 3. The second kappa shape index (κ2) is 17.8. The van der Waals surface area contributed by atoms with Crippen molar-refractivity contribution in [1.82, 2.24) is 10.6 Å². The molecule has 0 saturated carbocycles. The minimum atomic E-state index is -1.34. The number of amides is 2. The number of rotatable bonds is 17. The molecule has 0 aromatic heterocycles. The van der Waals surface area contributed by atoms with Crippen LogP contribution in [0.2, 0.25) is 0 Å². The van der Waals surface area contributed by atoms with Gasteiger partial charge in [0.05, 0.1) is 24.2 Å². The average Bonchev–Trinajstić information content (AvgIpc) is 2.94. The lowest BCUT2D eigenvalue weighted by atomic mass is 10.1. The molecular formula is C28H32N2O10. The van der Waals surface area contributed by atoms with E-state index in [-0.39, 0.29) is 51.2 Å². The molecule has 0 heterocycles. The molecule has 12 nitrogen and oxygen atoms in total. The van der Waals surface area contributed by atoms with Crippen LogP contribution in [0.3, 0.4) is 0 Å². The standard InChI is InChI=1S/C28H32N2O10/c31-23(13-7-14-24(32)33)30-22(19-25(34)40-28(37)21-11-5-2-6-12-21)26(35)29-15-8-16-38-17-18-39-27(36)20-9-3-1-4-10-20/h1-6,9-12,22H,7-8,13-19H2,(H,29,35)(H,30,31)(H,32,33). The Balaban J connectivity index is 1.76. The SMILES string of the molecule is O=C(O)CCCC(=O)NC(CC(=O)OC(=O)c1ccccc1)C(=O)NCCCOCCOC(=O)c1ccccc1. The number of nitrogens with one attached hydrogen (secondary N) is 2. The van der Waals surface area contributed by atoms with Crippen molar-refractivity contribution >= 4 is 35.7 Å². The molecule has 0 spiro atoms. The summed E-state index contributed by atoms with van der Waals surface area (Å²) in [5, 5.41) is 13.7. The van der Waals surface area contributed by atoms with Gasteiger partial charge in [0, 0.05) is 26.0 Å². The molecule has 1 atom stereocenters. The van der Waals surface area contributed by atoms with Gasteiger partial charge in [0.25, 0.3) is 0 Å². The number of hydrogen-bond acceptors (Lipinski definition) is 9. The predicted octanol–water partition coefficient (Wildman–Crippen LogP) is 1.88. The molecule has 0 radical (unpaired) electrons. The lowest BCUT2D eigenvalue weighted by Gasteiger charge is -2.18. The van der Waals surface area contributed by atoms with E-state index in [0.717, 1.165) is 0 Å². The van der Waals surface area contributed by atoms with Gasteiger partial charge in [0.15, 0.2) is 0 Å². The van der Waals surface area contributed by atoms with E-state index in [9.17, 15) is 28.8 Å². The molecule has 1 unspecified atom stereocenters. The molecule has 0 fully saturated rings. The van der Waals surface area contributed by atoms with Crippen LogP contribution in [0.1, 0.15) is 52.8 Å². The molecule has 40 heavy (non-hydrogen) atoms. The Hall–Kier alpha value is -4.58. The lowest BCUT2D eigenvalue weighted by Crippen LogP contribution is -2.48. The highest BCUT2D eigenvalue weighted by Crippen LogP contribution is 2.05. The summed E-state index contributed by atoms with van der Waals surface area (Å²) in [5.74, 6) is -4.76. The van der Waals surface area contributed by atoms with Crippen molar-refractivity contribution in [3.8, 4) is 0 Å². The fraction of sp³-hybridized carbons (Fsp3) is 0.357. The summed E-state index contributed by atoms with van der Waals surface area (Å²) < 4.78 is 15.3.